The molecule has 0 spiro atoms. The van der Waals surface area contributed by atoms with Gasteiger partial charge in [-0.3, -0.25) is 4.79 Å². The Kier molecular flexibility index (Phi) is 4.02. The predicted octanol–water partition coefficient (Wildman–Crippen LogP) is 2.64. The second kappa shape index (κ2) is 5.53. The van der Waals surface area contributed by atoms with Crippen molar-refractivity contribution < 1.29 is 9.53 Å². The van der Waals surface area contributed by atoms with Crippen LogP contribution >= 0.6 is 0 Å². The number of benzene rings is 1. The number of aryl methyl sites for hydroxylation is 2. The monoisotopic (exact) mass is 247 g/mol. The van der Waals surface area contributed by atoms with E-state index in [4.69, 9.17) is 4.74 Å². The Morgan fingerprint density at radius 2 is 2.17 bits per heavy atom. The molecule has 1 atom stereocenters. The summed E-state index contributed by atoms with van der Waals surface area (Å²) in [5.41, 5.74) is 2.85. The second-order valence-electron chi connectivity index (χ2n) is 5.06. The molecule has 18 heavy (non-hydrogen) atoms. The number of hydrogen-bond acceptors (Lipinski definition) is 3. The average Bonchev–Trinajstić information content (AvgIpc) is 2.84. The van der Waals surface area contributed by atoms with Crippen molar-refractivity contribution in [3.63, 3.8) is 0 Å². The van der Waals surface area contributed by atoms with E-state index in [-0.39, 0.29) is 5.78 Å². The molecule has 1 heterocycles. The second-order valence-corrected chi connectivity index (χ2v) is 5.06. The smallest absolute Gasteiger partial charge is 0.164 e. The Balaban J connectivity index is 2.16. The average molecular weight is 247 g/mol. The Morgan fingerprint density at radius 3 is 2.78 bits per heavy atom. The summed E-state index contributed by atoms with van der Waals surface area (Å²) in [7, 11) is 1.66. The lowest BCUT2D eigenvalue weighted by molar-refractivity contribution is 0.0971. The number of methoxy groups -OCH3 is 1. The van der Waals surface area contributed by atoms with Crippen LogP contribution in [0.15, 0.2) is 12.1 Å². The summed E-state index contributed by atoms with van der Waals surface area (Å²) in [6.45, 7) is 4.98. The first kappa shape index (κ1) is 13.1. The van der Waals surface area contributed by atoms with Gasteiger partial charge in [-0.1, -0.05) is 0 Å². The molecule has 0 aliphatic carbocycles. The van der Waals surface area contributed by atoms with Crippen LogP contribution in [0.1, 0.15) is 40.7 Å². The number of ether oxygens (including phenoxy) is 1. The number of carbonyl (C=O) groups is 1. The molecule has 0 aromatic heterocycles. The summed E-state index contributed by atoms with van der Waals surface area (Å²) in [6, 6.07) is 4.26. The molecule has 2 rings (SSSR count). The van der Waals surface area contributed by atoms with Crippen LogP contribution in [-0.4, -0.2) is 25.5 Å². The molecule has 0 amide bonds. The lowest BCUT2D eigenvalue weighted by Crippen LogP contribution is -2.24. The van der Waals surface area contributed by atoms with Crippen molar-refractivity contribution in [1.82, 2.24) is 5.32 Å². The van der Waals surface area contributed by atoms with E-state index in [9.17, 15) is 4.79 Å². The summed E-state index contributed by atoms with van der Waals surface area (Å²) in [5, 5.41) is 3.37. The van der Waals surface area contributed by atoms with Crippen molar-refractivity contribution in [1.29, 1.82) is 0 Å². The molecule has 1 aromatic carbocycles. The first-order valence-electron chi connectivity index (χ1n) is 6.53. The highest BCUT2D eigenvalue weighted by molar-refractivity contribution is 5.98. The SMILES string of the molecule is COc1cc(C)c(C(=O)CC2CCCN2)cc1C. The topological polar surface area (TPSA) is 38.3 Å². The Labute approximate surface area is 109 Å². The molecule has 1 saturated heterocycles. The van der Waals surface area contributed by atoms with Gasteiger partial charge in [0.1, 0.15) is 5.75 Å². The van der Waals surface area contributed by atoms with Crippen molar-refractivity contribution in [3.05, 3.63) is 28.8 Å². The zero-order valence-electron chi connectivity index (χ0n) is 11.4. The van der Waals surface area contributed by atoms with Gasteiger partial charge in [-0.2, -0.15) is 0 Å². The van der Waals surface area contributed by atoms with Gasteiger partial charge in [-0.25, -0.2) is 0 Å². The molecule has 1 N–H and O–H groups in total. The lowest BCUT2D eigenvalue weighted by Gasteiger charge is -2.13. The molecule has 1 aliphatic rings. The summed E-state index contributed by atoms with van der Waals surface area (Å²) in [6.07, 6.45) is 2.89. The molecule has 98 valence electrons. The number of ketones is 1. The molecule has 1 fully saturated rings. The normalized spacial score (nSPS) is 18.9. The largest absolute Gasteiger partial charge is 0.496 e. The van der Waals surface area contributed by atoms with E-state index in [1.54, 1.807) is 7.11 Å². The maximum absolute atomic E-state index is 12.3. The number of hydrogen-bond donors (Lipinski definition) is 1. The first-order chi connectivity index (χ1) is 8.61. The molecule has 1 unspecified atom stereocenters. The van der Waals surface area contributed by atoms with E-state index in [0.29, 0.717) is 12.5 Å². The minimum Gasteiger partial charge on any atom is -0.496 e. The quantitative estimate of drug-likeness (QED) is 0.831. The van der Waals surface area contributed by atoms with Crippen LogP contribution in [0.2, 0.25) is 0 Å². The number of Topliss-reactive ketones (excluding diaryl/α,β-unsaturated/α-hetero) is 1. The zero-order chi connectivity index (χ0) is 13.1. The standard InChI is InChI=1S/C15H21NO2/c1-10-8-15(18-3)11(2)7-13(10)14(17)9-12-5-4-6-16-12/h7-8,12,16H,4-6,9H2,1-3H3. The van der Waals surface area contributed by atoms with Gasteiger partial charge in [0.15, 0.2) is 5.78 Å². The predicted molar refractivity (Wildman–Crippen MR) is 72.4 cm³/mol. The van der Waals surface area contributed by atoms with Gasteiger partial charge in [-0.05, 0) is 56.5 Å². The van der Waals surface area contributed by atoms with Crippen molar-refractivity contribution in [2.75, 3.05) is 13.7 Å². The highest BCUT2D eigenvalue weighted by atomic mass is 16.5. The van der Waals surface area contributed by atoms with Crippen LogP contribution in [0.5, 0.6) is 5.75 Å². The van der Waals surface area contributed by atoms with Gasteiger partial charge >= 0.3 is 0 Å². The van der Waals surface area contributed by atoms with Crippen molar-refractivity contribution >= 4 is 5.78 Å². The number of carbonyl (C=O) groups excluding carboxylic acids is 1. The fraction of sp³-hybridized carbons (Fsp3) is 0.533. The fourth-order valence-corrected chi connectivity index (χ4v) is 2.57. The molecule has 0 radical (unpaired) electrons. The Hall–Kier alpha value is -1.35. The summed E-state index contributed by atoms with van der Waals surface area (Å²) in [5.74, 6) is 1.08. The zero-order valence-corrected chi connectivity index (χ0v) is 11.4. The van der Waals surface area contributed by atoms with Crippen molar-refractivity contribution in [2.45, 2.75) is 39.2 Å². The maximum atomic E-state index is 12.3. The van der Waals surface area contributed by atoms with Gasteiger partial charge in [0.2, 0.25) is 0 Å². The molecule has 0 bridgehead atoms. The number of rotatable bonds is 4. The minimum absolute atomic E-state index is 0.234. The van der Waals surface area contributed by atoms with Crippen LogP contribution in [0.4, 0.5) is 0 Å². The van der Waals surface area contributed by atoms with E-state index < -0.39 is 0 Å². The molecule has 1 aromatic rings. The minimum atomic E-state index is 0.234. The molecule has 0 saturated carbocycles. The molecular weight excluding hydrogens is 226 g/mol. The van der Waals surface area contributed by atoms with E-state index in [0.717, 1.165) is 35.4 Å². The van der Waals surface area contributed by atoms with Crippen LogP contribution < -0.4 is 10.1 Å². The van der Waals surface area contributed by atoms with Crippen molar-refractivity contribution in [2.24, 2.45) is 0 Å². The van der Waals surface area contributed by atoms with Gasteiger partial charge in [0.05, 0.1) is 7.11 Å². The highest BCUT2D eigenvalue weighted by Crippen LogP contribution is 2.24. The van der Waals surface area contributed by atoms with Crippen LogP contribution in [0, 0.1) is 13.8 Å². The third-order valence-electron chi connectivity index (χ3n) is 3.64. The summed E-state index contributed by atoms with van der Waals surface area (Å²) >= 11 is 0. The van der Waals surface area contributed by atoms with Gasteiger partial charge in [-0.15, -0.1) is 0 Å². The van der Waals surface area contributed by atoms with Crippen molar-refractivity contribution in [3.8, 4) is 5.75 Å². The number of nitrogens with one attached hydrogen (secondary N) is 1. The van der Waals surface area contributed by atoms with E-state index >= 15 is 0 Å². The maximum Gasteiger partial charge on any atom is 0.164 e. The Morgan fingerprint density at radius 1 is 1.39 bits per heavy atom. The molecule has 3 nitrogen and oxygen atoms in total. The van der Waals surface area contributed by atoms with E-state index in [2.05, 4.69) is 5.32 Å². The van der Waals surface area contributed by atoms with E-state index in [1.807, 2.05) is 26.0 Å². The lowest BCUT2D eigenvalue weighted by atomic mass is 9.96. The van der Waals surface area contributed by atoms with Crippen LogP contribution in [0.25, 0.3) is 0 Å². The third-order valence-corrected chi connectivity index (χ3v) is 3.64. The van der Waals surface area contributed by atoms with Crippen LogP contribution in [0.3, 0.4) is 0 Å². The third kappa shape index (κ3) is 2.72. The van der Waals surface area contributed by atoms with Crippen LogP contribution in [-0.2, 0) is 0 Å². The molecular formula is C15H21NO2. The molecule has 1 aliphatic heterocycles. The van der Waals surface area contributed by atoms with Gasteiger partial charge < -0.3 is 10.1 Å². The fourth-order valence-electron chi connectivity index (χ4n) is 2.57. The van der Waals surface area contributed by atoms with Gasteiger partial charge in [0, 0.05) is 18.0 Å². The Bertz CT molecular complexity index is 448. The van der Waals surface area contributed by atoms with E-state index in [1.165, 1.54) is 6.42 Å². The summed E-state index contributed by atoms with van der Waals surface area (Å²) < 4.78 is 5.27. The first-order valence-corrected chi connectivity index (χ1v) is 6.53. The molecule has 3 heteroatoms. The summed E-state index contributed by atoms with van der Waals surface area (Å²) in [4.78, 5) is 12.3. The van der Waals surface area contributed by atoms with Gasteiger partial charge in [0.25, 0.3) is 0 Å². The highest BCUT2D eigenvalue weighted by Gasteiger charge is 2.20.